The fourth-order valence-electron chi connectivity index (χ4n) is 1.21. The first-order valence-corrected chi connectivity index (χ1v) is 7.80. The monoisotopic (exact) mass is 336 g/mol. The van der Waals surface area contributed by atoms with Gasteiger partial charge in [-0.3, -0.25) is 0 Å². The topological polar surface area (TPSA) is 96.4 Å². The number of rotatable bonds is 6. The SMILES string of the molecule is CCS(=O)(=O)CCNc1ncc(Br)cc1C(=O)O. The summed E-state index contributed by atoms with van der Waals surface area (Å²) >= 11 is 3.13. The molecule has 0 aliphatic carbocycles. The zero-order valence-electron chi connectivity index (χ0n) is 9.68. The zero-order chi connectivity index (χ0) is 13.8. The van der Waals surface area contributed by atoms with Gasteiger partial charge in [-0.1, -0.05) is 6.92 Å². The van der Waals surface area contributed by atoms with Crippen LogP contribution in [0.4, 0.5) is 5.82 Å². The summed E-state index contributed by atoms with van der Waals surface area (Å²) in [5.41, 5.74) is -0.00160. The molecule has 2 N–H and O–H groups in total. The van der Waals surface area contributed by atoms with Crippen molar-refractivity contribution in [2.75, 3.05) is 23.4 Å². The molecule has 6 nitrogen and oxygen atoms in total. The smallest absolute Gasteiger partial charge is 0.339 e. The van der Waals surface area contributed by atoms with Crippen molar-refractivity contribution in [2.45, 2.75) is 6.92 Å². The number of aromatic nitrogens is 1. The van der Waals surface area contributed by atoms with Gasteiger partial charge < -0.3 is 10.4 Å². The summed E-state index contributed by atoms with van der Waals surface area (Å²) in [6.45, 7) is 1.70. The molecular formula is C10H13BrN2O4S. The number of carboxylic acid groups (broad SMARTS) is 1. The fourth-order valence-corrected chi connectivity index (χ4v) is 2.25. The van der Waals surface area contributed by atoms with Crippen LogP contribution in [-0.4, -0.2) is 42.5 Å². The van der Waals surface area contributed by atoms with E-state index >= 15 is 0 Å². The van der Waals surface area contributed by atoms with Crippen LogP contribution in [0.3, 0.4) is 0 Å². The third-order valence-corrected chi connectivity index (χ3v) is 4.37. The number of anilines is 1. The van der Waals surface area contributed by atoms with Gasteiger partial charge in [0.1, 0.15) is 11.4 Å². The van der Waals surface area contributed by atoms with E-state index < -0.39 is 15.8 Å². The van der Waals surface area contributed by atoms with Gasteiger partial charge in [-0.05, 0) is 22.0 Å². The van der Waals surface area contributed by atoms with Crippen LogP contribution in [0.1, 0.15) is 17.3 Å². The maximum absolute atomic E-state index is 11.3. The molecule has 0 saturated carbocycles. The highest BCUT2D eigenvalue weighted by atomic mass is 79.9. The minimum atomic E-state index is -3.08. The number of sulfone groups is 1. The van der Waals surface area contributed by atoms with Crippen molar-refractivity contribution in [3.05, 3.63) is 22.3 Å². The van der Waals surface area contributed by atoms with Crippen molar-refractivity contribution in [1.29, 1.82) is 0 Å². The summed E-state index contributed by atoms with van der Waals surface area (Å²) in [5.74, 6) is -0.948. The van der Waals surface area contributed by atoms with E-state index in [2.05, 4.69) is 26.2 Å². The Kier molecular flexibility index (Phi) is 5.09. The standard InChI is InChI=1S/C10H13BrN2O4S/c1-2-18(16,17)4-3-12-9-8(10(14)15)5-7(11)6-13-9/h5-6H,2-4H2,1H3,(H,12,13)(H,14,15). The molecule has 1 rings (SSSR count). The van der Waals surface area contributed by atoms with Gasteiger partial charge in [0.05, 0.1) is 5.75 Å². The van der Waals surface area contributed by atoms with E-state index in [1.54, 1.807) is 6.92 Å². The van der Waals surface area contributed by atoms with Crippen molar-refractivity contribution in [3.8, 4) is 0 Å². The molecule has 0 unspecified atom stereocenters. The Balaban J connectivity index is 2.77. The lowest BCUT2D eigenvalue weighted by molar-refractivity contribution is 0.0697. The Hall–Kier alpha value is -1.15. The second-order valence-corrected chi connectivity index (χ2v) is 6.91. The van der Waals surface area contributed by atoms with E-state index in [4.69, 9.17) is 5.11 Å². The maximum atomic E-state index is 11.3. The van der Waals surface area contributed by atoms with Gasteiger partial charge in [0.15, 0.2) is 9.84 Å². The molecule has 1 aromatic heterocycles. The molecule has 0 aliphatic heterocycles. The first kappa shape index (κ1) is 14.9. The summed E-state index contributed by atoms with van der Waals surface area (Å²) in [5, 5.41) is 11.7. The molecule has 0 fully saturated rings. The van der Waals surface area contributed by atoms with E-state index in [9.17, 15) is 13.2 Å². The van der Waals surface area contributed by atoms with E-state index in [0.29, 0.717) is 4.47 Å². The predicted octanol–water partition coefficient (Wildman–Crippen LogP) is 1.39. The highest BCUT2D eigenvalue weighted by Crippen LogP contribution is 2.17. The van der Waals surface area contributed by atoms with Crippen LogP contribution in [0.2, 0.25) is 0 Å². The van der Waals surface area contributed by atoms with Crippen molar-refractivity contribution in [1.82, 2.24) is 4.98 Å². The first-order chi connectivity index (χ1) is 8.35. The number of carboxylic acids is 1. The quantitative estimate of drug-likeness (QED) is 0.814. The third-order valence-electron chi connectivity index (χ3n) is 2.23. The van der Waals surface area contributed by atoms with E-state index in [-0.39, 0.29) is 29.4 Å². The van der Waals surface area contributed by atoms with Gasteiger partial charge in [0, 0.05) is 23.0 Å². The van der Waals surface area contributed by atoms with Crippen molar-refractivity contribution < 1.29 is 18.3 Å². The summed E-state index contributed by atoms with van der Waals surface area (Å²) in [4.78, 5) is 14.9. The molecule has 0 atom stereocenters. The van der Waals surface area contributed by atoms with Gasteiger partial charge in [0.25, 0.3) is 0 Å². The van der Waals surface area contributed by atoms with Gasteiger partial charge in [0.2, 0.25) is 0 Å². The molecule has 1 aromatic rings. The molecule has 0 saturated heterocycles. The number of carbonyl (C=O) groups is 1. The number of hydrogen-bond acceptors (Lipinski definition) is 5. The van der Waals surface area contributed by atoms with Crippen LogP contribution < -0.4 is 5.32 Å². The van der Waals surface area contributed by atoms with Crippen molar-refractivity contribution in [3.63, 3.8) is 0 Å². The molecule has 0 spiro atoms. The van der Waals surface area contributed by atoms with Crippen LogP contribution >= 0.6 is 15.9 Å². The van der Waals surface area contributed by atoms with Crippen LogP contribution in [0.5, 0.6) is 0 Å². The molecule has 0 radical (unpaired) electrons. The largest absolute Gasteiger partial charge is 0.478 e. The predicted molar refractivity (Wildman–Crippen MR) is 71.7 cm³/mol. The fraction of sp³-hybridized carbons (Fsp3) is 0.400. The molecular weight excluding hydrogens is 324 g/mol. The second kappa shape index (κ2) is 6.14. The molecule has 1 heterocycles. The number of nitrogens with zero attached hydrogens (tertiary/aromatic N) is 1. The van der Waals surface area contributed by atoms with E-state index in [0.717, 1.165) is 0 Å². The number of hydrogen-bond donors (Lipinski definition) is 2. The summed E-state index contributed by atoms with van der Waals surface area (Å²) in [7, 11) is -3.08. The second-order valence-electron chi connectivity index (χ2n) is 3.52. The first-order valence-electron chi connectivity index (χ1n) is 5.19. The number of pyridine rings is 1. The molecule has 8 heteroatoms. The van der Waals surface area contributed by atoms with E-state index in [1.165, 1.54) is 12.3 Å². The molecule has 0 aliphatic rings. The lowest BCUT2D eigenvalue weighted by Gasteiger charge is -2.08. The molecule has 0 bridgehead atoms. The molecule has 0 amide bonds. The van der Waals surface area contributed by atoms with Gasteiger partial charge >= 0.3 is 5.97 Å². The lowest BCUT2D eigenvalue weighted by atomic mass is 10.2. The minimum Gasteiger partial charge on any atom is -0.478 e. The van der Waals surface area contributed by atoms with Gasteiger partial charge in [-0.2, -0.15) is 0 Å². The number of aromatic carboxylic acids is 1. The maximum Gasteiger partial charge on any atom is 0.339 e. The van der Waals surface area contributed by atoms with Crippen molar-refractivity contribution in [2.24, 2.45) is 0 Å². The number of nitrogens with one attached hydrogen (secondary N) is 1. The summed E-state index contributed by atoms with van der Waals surface area (Å²) in [6.07, 6.45) is 1.45. The average Bonchev–Trinajstić information content (AvgIpc) is 2.30. The average molecular weight is 337 g/mol. The zero-order valence-corrected chi connectivity index (χ0v) is 12.1. The van der Waals surface area contributed by atoms with Crippen LogP contribution in [0, 0.1) is 0 Å². The normalized spacial score (nSPS) is 11.2. The Morgan fingerprint density at radius 1 is 1.56 bits per heavy atom. The highest BCUT2D eigenvalue weighted by molar-refractivity contribution is 9.10. The van der Waals surface area contributed by atoms with Gasteiger partial charge in [-0.15, -0.1) is 0 Å². The summed E-state index contributed by atoms with van der Waals surface area (Å²) < 4.78 is 23.1. The van der Waals surface area contributed by atoms with Crippen LogP contribution in [0.25, 0.3) is 0 Å². The van der Waals surface area contributed by atoms with Crippen molar-refractivity contribution >= 4 is 37.6 Å². The Morgan fingerprint density at radius 3 is 2.78 bits per heavy atom. The van der Waals surface area contributed by atoms with Crippen LogP contribution in [0.15, 0.2) is 16.7 Å². The Labute approximate surface area is 113 Å². The Bertz CT molecular complexity index is 545. The molecule has 100 valence electrons. The third kappa shape index (κ3) is 4.26. The van der Waals surface area contributed by atoms with Gasteiger partial charge in [-0.25, -0.2) is 18.2 Å². The molecule has 0 aromatic carbocycles. The van der Waals surface area contributed by atoms with E-state index in [1.807, 2.05) is 0 Å². The highest BCUT2D eigenvalue weighted by Gasteiger charge is 2.13. The number of halogens is 1. The summed E-state index contributed by atoms with van der Waals surface area (Å²) in [6, 6.07) is 1.41. The molecule has 18 heavy (non-hydrogen) atoms. The minimum absolute atomic E-state index is 0.00160. The lowest BCUT2D eigenvalue weighted by Crippen LogP contribution is -2.19. The van der Waals surface area contributed by atoms with Crippen LogP contribution in [-0.2, 0) is 9.84 Å². The Morgan fingerprint density at radius 2 is 2.22 bits per heavy atom.